The van der Waals surface area contributed by atoms with Crippen LogP contribution in [-0.2, 0) is 0 Å². The molecule has 0 aromatic carbocycles. The predicted molar refractivity (Wildman–Crippen MR) is 85.7 cm³/mol. The predicted octanol–water partition coefficient (Wildman–Crippen LogP) is 1.81. The number of nitrogens with zero attached hydrogens (tertiary/aromatic N) is 4. The van der Waals surface area contributed by atoms with Crippen molar-refractivity contribution in [1.82, 2.24) is 24.7 Å². The third kappa shape index (κ3) is 2.31. The Morgan fingerprint density at radius 3 is 3.05 bits per heavy atom. The molecule has 1 fully saturated rings. The van der Waals surface area contributed by atoms with Crippen LogP contribution in [0.15, 0.2) is 43.0 Å². The molecule has 6 nitrogen and oxygen atoms in total. The van der Waals surface area contributed by atoms with Gasteiger partial charge in [0.1, 0.15) is 17.2 Å². The highest BCUT2D eigenvalue weighted by Crippen LogP contribution is 2.20. The first-order valence-corrected chi connectivity index (χ1v) is 7.53. The summed E-state index contributed by atoms with van der Waals surface area (Å²) in [6.45, 7) is 4.24. The van der Waals surface area contributed by atoms with Crippen molar-refractivity contribution in [1.29, 1.82) is 0 Å². The maximum atomic E-state index is 4.70. The number of hydrogen-bond donors (Lipinski definition) is 2. The third-order valence-electron chi connectivity index (χ3n) is 4.16. The van der Waals surface area contributed by atoms with Crippen LogP contribution in [0.4, 0.5) is 5.82 Å². The second kappa shape index (κ2) is 5.38. The molecule has 0 saturated carbocycles. The first kappa shape index (κ1) is 13.2. The van der Waals surface area contributed by atoms with Crippen LogP contribution in [0.25, 0.3) is 17.0 Å². The zero-order valence-corrected chi connectivity index (χ0v) is 12.4. The van der Waals surface area contributed by atoms with Crippen molar-refractivity contribution in [2.45, 2.75) is 13.0 Å². The lowest BCUT2D eigenvalue weighted by molar-refractivity contribution is 0.593. The molecule has 4 heterocycles. The van der Waals surface area contributed by atoms with Gasteiger partial charge in [0.2, 0.25) is 0 Å². The molecule has 0 bridgehead atoms. The molecule has 0 spiro atoms. The van der Waals surface area contributed by atoms with Crippen molar-refractivity contribution >= 4 is 11.5 Å². The van der Waals surface area contributed by atoms with Crippen molar-refractivity contribution in [3.05, 3.63) is 43.0 Å². The topological polar surface area (TPSA) is 67.1 Å². The highest BCUT2D eigenvalue weighted by atomic mass is 15.1. The Balaban J connectivity index is 1.67. The Labute approximate surface area is 128 Å². The number of rotatable bonds is 3. The summed E-state index contributed by atoms with van der Waals surface area (Å²) in [6.07, 6.45) is 7.38. The van der Waals surface area contributed by atoms with Crippen LogP contribution < -0.4 is 10.6 Å². The van der Waals surface area contributed by atoms with E-state index in [1.165, 1.54) is 0 Å². The van der Waals surface area contributed by atoms with Crippen LogP contribution in [0, 0.1) is 5.92 Å². The molecule has 1 saturated heterocycles. The lowest BCUT2D eigenvalue weighted by Crippen LogP contribution is -2.27. The van der Waals surface area contributed by atoms with Crippen LogP contribution in [0.3, 0.4) is 0 Å². The van der Waals surface area contributed by atoms with E-state index in [4.69, 9.17) is 4.98 Å². The standard InChI is InChI=1S/C16H18N6/c1-11-6-17-7-12(11)20-15-10-18-8-13(21-15)14-9-19-16-4-2-3-5-22(14)16/h2-5,8-12,17H,6-7H2,1H3,(H,20,21)/t11-,12-/m0/s1. The average molecular weight is 294 g/mol. The number of aromatic nitrogens is 4. The first-order chi connectivity index (χ1) is 10.8. The van der Waals surface area contributed by atoms with Gasteiger partial charge in [-0.1, -0.05) is 13.0 Å². The van der Waals surface area contributed by atoms with Crippen LogP contribution >= 0.6 is 0 Å². The Morgan fingerprint density at radius 1 is 1.23 bits per heavy atom. The average Bonchev–Trinajstić information content (AvgIpc) is 3.14. The van der Waals surface area contributed by atoms with Crippen LogP contribution in [-0.4, -0.2) is 38.5 Å². The number of anilines is 1. The fourth-order valence-corrected chi connectivity index (χ4v) is 2.87. The van der Waals surface area contributed by atoms with E-state index in [9.17, 15) is 0 Å². The van der Waals surface area contributed by atoms with Gasteiger partial charge in [-0.15, -0.1) is 0 Å². The van der Waals surface area contributed by atoms with Crippen LogP contribution in [0.2, 0.25) is 0 Å². The molecule has 6 heteroatoms. The van der Waals surface area contributed by atoms with Crippen LogP contribution in [0.5, 0.6) is 0 Å². The van der Waals surface area contributed by atoms with E-state index >= 15 is 0 Å². The van der Waals surface area contributed by atoms with Gasteiger partial charge in [-0.3, -0.25) is 9.38 Å². The number of fused-ring (bicyclic) bond motifs is 1. The van der Waals surface area contributed by atoms with Crippen molar-refractivity contribution in [3.8, 4) is 11.4 Å². The zero-order chi connectivity index (χ0) is 14.9. The Bertz CT molecular complexity index is 796. The largest absolute Gasteiger partial charge is 0.364 e. The smallest absolute Gasteiger partial charge is 0.145 e. The van der Waals surface area contributed by atoms with Gasteiger partial charge in [-0.05, 0) is 24.6 Å². The minimum Gasteiger partial charge on any atom is -0.364 e. The molecule has 3 aromatic heterocycles. The van der Waals surface area contributed by atoms with Crippen molar-refractivity contribution in [2.75, 3.05) is 18.4 Å². The lowest BCUT2D eigenvalue weighted by atomic mass is 10.1. The molecule has 0 radical (unpaired) electrons. The van der Waals surface area contributed by atoms with E-state index in [1.54, 1.807) is 12.4 Å². The molecule has 0 amide bonds. The van der Waals surface area contributed by atoms with E-state index in [1.807, 2.05) is 35.0 Å². The quantitative estimate of drug-likeness (QED) is 0.771. The number of hydrogen-bond acceptors (Lipinski definition) is 5. The van der Waals surface area contributed by atoms with Crippen molar-refractivity contribution in [2.24, 2.45) is 5.92 Å². The molecule has 1 aliphatic heterocycles. The van der Waals surface area contributed by atoms with Crippen molar-refractivity contribution < 1.29 is 0 Å². The van der Waals surface area contributed by atoms with Gasteiger partial charge in [-0.2, -0.15) is 0 Å². The van der Waals surface area contributed by atoms with E-state index in [-0.39, 0.29) is 0 Å². The SMILES string of the molecule is C[C@H]1CNC[C@@H]1Nc1cncc(-c2cnc3ccccn23)n1. The monoisotopic (exact) mass is 294 g/mol. The fraction of sp³-hybridized carbons (Fsp3) is 0.312. The van der Waals surface area contributed by atoms with Gasteiger partial charge in [0, 0.05) is 18.8 Å². The minimum atomic E-state index is 0.395. The summed E-state index contributed by atoms with van der Waals surface area (Å²) in [4.78, 5) is 13.4. The second-order valence-electron chi connectivity index (χ2n) is 5.75. The molecule has 0 unspecified atom stereocenters. The summed E-state index contributed by atoms with van der Waals surface area (Å²) in [7, 11) is 0. The number of pyridine rings is 1. The van der Waals surface area contributed by atoms with E-state index in [0.29, 0.717) is 12.0 Å². The molecular formula is C16H18N6. The van der Waals surface area contributed by atoms with Gasteiger partial charge in [0.15, 0.2) is 0 Å². The Kier molecular flexibility index (Phi) is 3.23. The first-order valence-electron chi connectivity index (χ1n) is 7.53. The number of nitrogens with one attached hydrogen (secondary N) is 2. The van der Waals surface area contributed by atoms with Gasteiger partial charge in [0.05, 0.1) is 24.3 Å². The molecule has 0 aliphatic carbocycles. The van der Waals surface area contributed by atoms with E-state index in [0.717, 1.165) is 35.9 Å². The lowest BCUT2D eigenvalue weighted by Gasteiger charge is -2.16. The summed E-state index contributed by atoms with van der Waals surface area (Å²) >= 11 is 0. The molecule has 4 rings (SSSR count). The zero-order valence-electron chi connectivity index (χ0n) is 12.4. The van der Waals surface area contributed by atoms with Crippen LogP contribution in [0.1, 0.15) is 6.92 Å². The van der Waals surface area contributed by atoms with Crippen molar-refractivity contribution in [3.63, 3.8) is 0 Å². The molecule has 1 aliphatic rings. The molecule has 2 N–H and O–H groups in total. The van der Waals surface area contributed by atoms with E-state index in [2.05, 4.69) is 27.5 Å². The third-order valence-corrected chi connectivity index (χ3v) is 4.16. The maximum absolute atomic E-state index is 4.70. The molecule has 2 atom stereocenters. The Hall–Kier alpha value is -2.47. The molecule has 22 heavy (non-hydrogen) atoms. The normalized spacial score (nSPS) is 21.3. The van der Waals surface area contributed by atoms with Gasteiger partial charge >= 0.3 is 0 Å². The fourth-order valence-electron chi connectivity index (χ4n) is 2.87. The summed E-state index contributed by atoms with van der Waals surface area (Å²) in [5, 5.41) is 6.86. The molecule has 112 valence electrons. The van der Waals surface area contributed by atoms with Gasteiger partial charge in [-0.25, -0.2) is 9.97 Å². The maximum Gasteiger partial charge on any atom is 0.145 e. The summed E-state index contributed by atoms with van der Waals surface area (Å²) in [5.41, 5.74) is 2.68. The number of imidazole rings is 1. The highest BCUT2D eigenvalue weighted by molar-refractivity contribution is 5.60. The highest BCUT2D eigenvalue weighted by Gasteiger charge is 2.23. The summed E-state index contributed by atoms with van der Waals surface area (Å²) < 4.78 is 2.02. The molecular weight excluding hydrogens is 276 g/mol. The summed E-state index contributed by atoms with van der Waals surface area (Å²) in [5.74, 6) is 1.39. The molecule has 3 aromatic rings. The Morgan fingerprint density at radius 2 is 2.18 bits per heavy atom. The minimum absolute atomic E-state index is 0.395. The van der Waals surface area contributed by atoms with E-state index < -0.39 is 0 Å². The summed E-state index contributed by atoms with van der Waals surface area (Å²) in [6, 6.07) is 6.33. The van der Waals surface area contributed by atoms with Gasteiger partial charge < -0.3 is 10.6 Å². The van der Waals surface area contributed by atoms with Gasteiger partial charge in [0.25, 0.3) is 0 Å². The second-order valence-corrected chi connectivity index (χ2v) is 5.75.